The minimum atomic E-state index is -0.000262. The standard InChI is InChI=1S/C12H13ClN2O/c13-9-2-1-8-4-6-15(11(8)7-9)10-3-5-14-12(10)16/h1-2,7,10H,3-6H2,(H,14,16)/t10-/m1/s1. The molecule has 84 valence electrons. The van der Waals surface area contributed by atoms with Crippen molar-refractivity contribution in [3.05, 3.63) is 28.8 Å². The average molecular weight is 237 g/mol. The molecule has 0 radical (unpaired) electrons. The van der Waals surface area contributed by atoms with Gasteiger partial charge < -0.3 is 10.2 Å². The summed E-state index contributed by atoms with van der Waals surface area (Å²) in [5.74, 6) is 0.146. The summed E-state index contributed by atoms with van der Waals surface area (Å²) in [6, 6.07) is 5.94. The lowest BCUT2D eigenvalue weighted by Gasteiger charge is -2.24. The van der Waals surface area contributed by atoms with Crippen molar-refractivity contribution < 1.29 is 4.79 Å². The van der Waals surface area contributed by atoms with Crippen molar-refractivity contribution in [1.82, 2.24) is 5.32 Å². The Morgan fingerprint density at radius 1 is 1.44 bits per heavy atom. The molecule has 3 rings (SSSR count). The van der Waals surface area contributed by atoms with Crippen molar-refractivity contribution in [3.63, 3.8) is 0 Å². The Morgan fingerprint density at radius 3 is 3.06 bits per heavy atom. The Labute approximate surface area is 99.4 Å². The lowest BCUT2D eigenvalue weighted by atomic mass is 10.1. The van der Waals surface area contributed by atoms with E-state index in [-0.39, 0.29) is 11.9 Å². The number of hydrogen-bond donors (Lipinski definition) is 1. The number of carbonyl (C=O) groups excluding carboxylic acids is 1. The topological polar surface area (TPSA) is 32.3 Å². The second-order valence-corrected chi connectivity index (χ2v) is 4.75. The van der Waals surface area contributed by atoms with Gasteiger partial charge in [0.05, 0.1) is 0 Å². The first kappa shape index (κ1) is 9.97. The van der Waals surface area contributed by atoms with Crippen LogP contribution in [0.5, 0.6) is 0 Å². The van der Waals surface area contributed by atoms with E-state index in [4.69, 9.17) is 11.6 Å². The molecule has 4 heteroatoms. The van der Waals surface area contributed by atoms with E-state index in [0.717, 1.165) is 36.6 Å². The molecule has 0 unspecified atom stereocenters. The summed E-state index contributed by atoms with van der Waals surface area (Å²) in [5, 5.41) is 3.62. The quantitative estimate of drug-likeness (QED) is 0.803. The van der Waals surface area contributed by atoms with E-state index in [1.54, 1.807) is 0 Å². The van der Waals surface area contributed by atoms with Crippen LogP contribution in [0.1, 0.15) is 12.0 Å². The molecule has 3 nitrogen and oxygen atoms in total. The van der Waals surface area contributed by atoms with E-state index in [1.165, 1.54) is 5.56 Å². The number of fused-ring (bicyclic) bond motifs is 1. The molecule has 2 heterocycles. The molecule has 1 amide bonds. The molecule has 1 aromatic carbocycles. The predicted molar refractivity (Wildman–Crippen MR) is 63.9 cm³/mol. The van der Waals surface area contributed by atoms with Gasteiger partial charge in [-0.25, -0.2) is 0 Å². The molecular weight excluding hydrogens is 224 g/mol. The molecule has 2 aliphatic heterocycles. The van der Waals surface area contributed by atoms with Gasteiger partial charge in [-0.3, -0.25) is 4.79 Å². The smallest absolute Gasteiger partial charge is 0.242 e. The van der Waals surface area contributed by atoms with Gasteiger partial charge in [0.15, 0.2) is 0 Å². The molecular formula is C12H13ClN2O. The number of rotatable bonds is 1. The van der Waals surface area contributed by atoms with Crippen LogP contribution in [0.3, 0.4) is 0 Å². The fourth-order valence-electron chi connectivity index (χ4n) is 2.58. The maximum Gasteiger partial charge on any atom is 0.242 e. The normalized spacial score (nSPS) is 23.4. The average Bonchev–Trinajstić information content (AvgIpc) is 2.83. The summed E-state index contributed by atoms with van der Waals surface area (Å²) in [7, 11) is 0. The van der Waals surface area contributed by atoms with Crippen LogP contribution in [0.15, 0.2) is 18.2 Å². The van der Waals surface area contributed by atoms with Crippen molar-refractivity contribution in [2.75, 3.05) is 18.0 Å². The Morgan fingerprint density at radius 2 is 2.31 bits per heavy atom. The second kappa shape index (κ2) is 3.67. The maximum atomic E-state index is 11.7. The van der Waals surface area contributed by atoms with Crippen molar-refractivity contribution in [3.8, 4) is 0 Å². The molecule has 1 aromatic rings. The van der Waals surface area contributed by atoms with Gasteiger partial charge in [0.1, 0.15) is 6.04 Å². The predicted octanol–water partition coefficient (Wildman–Crippen LogP) is 1.59. The van der Waals surface area contributed by atoms with E-state index < -0.39 is 0 Å². The number of nitrogens with zero attached hydrogens (tertiary/aromatic N) is 1. The van der Waals surface area contributed by atoms with E-state index in [9.17, 15) is 4.79 Å². The first-order valence-electron chi connectivity index (χ1n) is 5.58. The largest absolute Gasteiger partial charge is 0.359 e. The van der Waals surface area contributed by atoms with Crippen molar-refractivity contribution >= 4 is 23.2 Å². The Hall–Kier alpha value is -1.22. The zero-order valence-electron chi connectivity index (χ0n) is 8.87. The van der Waals surface area contributed by atoms with Gasteiger partial charge in [0.2, 0.25) is 5.91 Å². The first-order chi connectivity index (χ1) is 7.75. The summed E-state index contributed by atoms with van der Waals surface area (Å²) < 4.78 is 0. The molecule has 1 atom stereocenters. The Kier molecular flexibility index (Phi) is 2.28. The second-order valence-electron chi connectivity index (χ2n) is 4.31. The van der Waals surface area contributed by atoms with E-state index in [2.05, 4.69) is 16.3 Å². The highest BCUT2D eigenvalue weighted by Crippen LogP contribution is 2.33. The molecule has 16 heavy (non-hydrogen) atoms. The summed E-state index contributed by atoms with van der Waals surface area (Å²) in [4.78, 5) is 13.9. The first-order valence-corrected chi connectivity index (χ1v) is 5.96. The molecule has 0 saturated carbocycles. The number of nitrogens with one attached hydrogen (secondary N) is 1. The molecule has 1 fully saturated rings. The third kappa shape index (κ3) is 1.47. The highest BCUT2D eigenvalue weighted by atomic mass is 35.5. The highest BCUT2D eigenvalue weighted by molar-refractivity contribution is 6.30. The molecule has 0 aliphatic carbocycles. The van der Waals surface area contributed by atoms with Crippen LogP contribution in [-0.2, 0) is 11.2 Å². The van der Waals surface area contributed by atoms with Gasteiger partial charge in [0, 0.05) is 23.8 Å². The summed E-state index contributed by atoms with van der Waals surface area (Å²) >= 11 is 6.00. The SMILES string of the molecule is O=C1NCC[C@H]1N1CCc2ccc(Cl)cc21. The molecule has 0 bridgehead atoms. The maximum absolute atomic E-state index is 11.7. The summed E-state index contributed by atoms with van der Waals surface area (Å²) in [6.45, 7) is 1.71. The molecule has 0 aromatic heterocycles. The number of anilines is 1. The highest BCUT2D eigenvalue weighted by Gasteiger charge is 2.33. The van der Waals surface area contributed by atoms with Gasteiger partial charge >= 0.3 is 0 Å². The fraction of sp³-hybridized carbons (Fsp3) is 0.417. The number of hydrogen-bond acceptors (Lipinski definition) is 2. The van der Waals surface area contributed by atoms with E-state index in [0.29, 0.717) is 0 Å². The summed E-state index contributed by atoms with van der Waals surface area (Å²) in [6.07, 6.45) is 1.90. The molecule has 0 spiro atoms. The number of carbonyl (C=O) groups is 1. The lowest BCUT2D eigenvalue weighted by molar-refractivity contribution is -0.120. The van der Waals surface area contributed by atoms with Crippen LogP contribution < -0.4 is 10.2 Å². The number of benzene rings is 1. The third-order valence-corrected chi connectivity index (χ3v) is 3.61. The fourth-order valence-corrected chi connectivity index (χ4v) is 2.75. The lowest BCUT2D eigenvalue weighted by Crippen LogP contribution is -2.39. The van der Waals surface area contributed by atoms with Crippen LogP contribution in [-0.4, -0.2) is 25.0 Å². The van der Waals surface area contributed by atoms with Gasteiger partial charge in [-0.15, -0.1) is 0 Å². The van der Waals surface area contributed by atoms with Crippen LogP contribution in [0.2, 0.25) is 5.02 Å². The van der Waals surface area contributed by atoms with Gasteiger partial charge in [-0.2, -0.15) is 0 Å². The minimum absolute atomic E-state index is 0.000262. The Bertz CT molecular complexity index is 447. The zero-order chi connectivity index (χ0) is 11.1. The van der Waals surface area contributed by atoms with Crippen LogP contribution >= 0.6 is 11.6 Å². The van der Waals surface area contributed by atoms with E-state index in [1.807, 2.05) is 12.1 Å². The third-order valence-electron chi connectivity index (χ3n) is 3.37. The van der Waals surface area contributed by atoms with E-state index >= 15 is 0 Å². The summed E-state index contributed by atoms with van der Waals surface area (Å²) in [5.41, 5.74) is 2.43. The van der Waals surface area contributed by atoms with Crippen LogP contribution in [0.4, 0.5) is 5.69 Å². The van der Waals surface area contributed by atoms with Crippen LogP contribution in [0, 0.1) is 0 Å². The molecule has 1 N–H and O–H groups in total. The molecule has 1 saturated heterocycles. The van der Waals surface area contributed by atoms with Gasteiger partial charge in [-0.05, 0) is 30.5 Å². The monoisotopic (exact) mass is 236 g/mol. The van der Waals surface area contributed by atoms with Gasteiger partial charge in [-0.1, -0.05) is 17.7 Å². The zero-order valence-corrected chi connectivity index (χ0v) is 9.63. The van der Waals surface area contributed by atoms with Crippen molar-refractivity contribution in [2.45, 2.75) is 18.9 Å². The number of amides is 1. The van der Waals surface area contributed by atoms with Crippen molar-refractivity contribution in [2.24, 2.45) is 0 Å². The van der Waals surface area contributed by atoms with Crippen LogP contribution in [0.25, 0.3) is 0 Å². The molecule has 2 aliphatic rings. The Balaban J connectivity index is 1.96. The van der Waals surface area contributed by atoms with Crippen molar-refractivity contribution in [1.29, 1.82) is 0 Å². The number of halogens is 1. The van der Waals surface area contributed by atoms with Gasteiger partial charge in [0.25, 0.3) is 0 Å². The minimum Gasteiger partial charge on any atom is -0.359 e.